The molecule has 0 atom stereocenters. The number of hydrogen-bond donors (Lipinski definition) is 2. The van der Waals surface area contributed by atoms with E-state index < -0.39 is 0 Å². The maximum atomic E-state index is 5.79. The Morgan fingerprint density at radius 3 is 2.53 bits per heavy atom. The molecule has 1 fully saturated rings. The lowest BCUT2D eigenvalue weighted by molar-refractivity contribution is 0.0672. The zero-order valence-electron chi connectivity index (χ0n) is 8.91. The third-order valence-corrected chi connectivity index (χ3v) is 3.30. The summed E-state index contributed by atoms with van der Waals surface area (Å²) in [5.41, 5.74) is 12.5. The second-order valence-electron chi connectivity index (χ2n) is 4.38. The van der Waals surface area contributed by atoms with Crippen LogP contribution < -0.4 is 16.2 Å². The van der Waals surface area contributed by atoms with E-state index in [9.17, 15) is 0 Å². The van der Waals surface area contributed by atoms with E-state index in [2.05, 4.69) is 0 Å². The second-order valence-corrected chi connectivity index (χ2v) is 4.38. The molecular weight excluding hydrogens is 188 g/mol. The van der Waals surface area contributed by atoms with E-state index in [0.29, 0.717) is 18.8 Å². The molecule has 0 unspecified atom stereocenters. The van der Waals surface area contributed by atoms with Gasteiger partial charge in [0.05, 0.1) is 12.3 Å². The average Bonchev–Trinajstić information content (AvgIpc) is 2.19. The van der Waals surface area contributed by atoms with Crippen LogP contribution in [0.4, 0.5) is 5.69 Å². The lowest BCUT2D eigenvalue weighted by atomic mass is 9.69. The predicted molar refractivity (Wildman–Crippen MR) is 61.7 cm³/mol. The lowest BCUT2D eigenvalue weighted by Gasteiger charge is -2.40. The van der Waals surface area contributed by atoms with Crippen molar-refractivity contribution < 1.29 is 4.74 Å². The van der Waals surface area contributed by atoms with Crippen LogP contribution in [0, 0.1) is 5.41 Å². The first-order valence-electron chi connectivity index (χ1n) is 5.43. The number of benzene rings is 1. The normalized spacial score (nSPS) is 18.2. The minimum Gasteiger partial charge on any atom is -0.491 e. The third kappa shape index (κ3) is 2.07. The van der Waals surface area contributed by atoms with Crippen LogP contribution >= 0.6 is 0 Å². The Bertz CT molecular complexity index is 329. The van der Waals surface area contributed by atoms with Crippen molar-refractivity contribution in [2.45, 2.75) is 19.3 Å². The van der Waals surface area contributed by atoms with Crippen molar-refractivity contribution in [3.63, 3.8) is 0 Å². The maximum absolute atomic E-state index is 5.79. The minimum absolute atomic E-state index is 0.211. The van der Waals surface area contributed by atoms with Gasteiger partial charge in [-0.25, -0.2) is 0 Å². The predicted octanol–water partition coefficient (Wildman–Crippen LogP) is 1.78. The highest BCUT2D eigenvalue weighted by Gasteiger charge is 2.36. The zero-order valence-corrected chi connectivity index (χ0v) is 8.91. The third-order valence-electron chi connectivity index (χ3n) is 3.30. The van der Waals surface area contributed by atoms with Crippen LogP contribution in [-0.4, -0.2) is 13.2 Å². The van der Waals surface area contributed by atoms with E-state index in [0.717, 1.165) is 5.75 Å². The molecule has 1 aliphatic rings. The maximum Gasteiger partial charge on any atom is 0.142 e. The van der Waals surface area contributed by atoms with Gasteiger partial charge in [0.2, 0.25) is 0 Å². The van der Waals surface area contributed by atoms with E-state index in [1.807, 2.05) is 24.3 Å². The molecule has 15 heavy (non-hydrogen) atoms. The highest BCUT2D eigenvalue weighted by Crippen LogP contribution is 2.40. The number of nitrogens with two attached hydrogens (primary N) is 2. The molecule has 2 rings (SSSR count). The van der Waals surface area contributed by atoms with Gasteiger partial charge < -0.3 is 16.2 Å². The highest BCUT2D eigenvalue weighted by molar-refractivity contribution is 5.51. The van der Waals surface area contributed by atoms with Gasteiger partial charge in [-0.1, -0.05) is 18.6 Å². The Labute approximate surface area is 90.4 Å². The van der Waals surface area contributed by atoms with E-state index in [1.165, 1.54) is 19.3 Å². The summed E-state index contributed by atoms with van der Waals surface area (Å²) in [6, 6.07) is 7.59. The SMILES string of the molecule is NCC1(COc2ccccc2N)CCC1. The molecule has 3 nitrogen and oxygen atoms in total. The van der Waals surface area contributed by atoms with Crippen molar-refractivity contribution in [1.82, 2.24) is 0 Å². The molecule has 1 saturated carbocycles. The van der Waals surface area contributed by atoms with Crippen molar-refractivity contribution in [2.75, 3.05) is 18.9 Å². The summed E-state index contributed by atoms with van der Waals surface area (Å²) < 4.78 is 5.73. The topological polar surface area (TPSA) is 61.3 Å². The van der Waals surface area contributed by atoms with Crippen LogP contribution in [0.1, 0.15) is 19.3 Å². The Balaban J connectivity index is 1.95. The standard InChI is InChI=1S/C12H18N2O/c13-8-12(6-3-7-12)9-15-11-5-2-1-4-10(11)14/h1-2,4-5H,3,6-9,13-14H2. The molecule has 0 saturated heterocycles. The van der Waals surface area contributed by atoms with E-state index in [1.54, 1.807) is 0 Å². The van der Waals surface area contributed by atoms with Crippen LogP contribution in [0.3, 0.4) is 0 Å². The number of para-hydroxylation sites is 2. The molecule has 0 aliphatic heterocycles. The molecule has 0 radical (unpaired) electrons. The molecule has 0 heterocycles. The molecule has 3 heteroatoms. The van der Waals surface area contributed by atoms with Crippen LogP contribution in [0.25, 0.3) is 0 Å². The summed E-state index contributed by atoms with van der Waals surface area (Å²) >= 11 is 0. The van der Waals surface area contributed by atoms with E-state index in [4.69, 9.17) is 16.2 Å². The fraction of sp³-hybridized carbons (Fsp3) is 0.500. The van der Waals surface area contributed by atoms with Gasteiger partial charge in [-0.3, -0.25) is 0 Å². The van der Waals surface area contributed by atoms with Crippen molar-refractivity contribution in [2.24, 2.45) is 11.1 Å². The monoisotopic (exact) mass is 206 g/mol. The molecular formula is C12H18N2O. The second kappa shape index (κ2) is 4.11. The summed E-state index contributed by atoms with van der Waals surface area (Å²) in [6.07, 6.45) is 3.62. The van der Waals surface area contributed by atoms with Crippen LogP contribution in [0.5, 0.6) is 5.75 Å². The number of nitrogen functional groups attached to an aromatic ring is 1. The minimum atomic E-state index is 0.211. The Hall–Kier alpha value is -1.22. The van der Waals surface area contributed by atoms with Gasteiger partial charge in [0.1, 0.15) is 5.75 Å². The molecule has 1 aliphatic carbocycles. The molecule has 1 aromatic carbocycles. The van der Waals surface area contributed by atoms with Gasteiger partial charge in [-0.05, 0) is 25.0 Å². The van der Waals surface area contributed by atoms with Gasteiger partial charge in [0.25, 0.3) is 0 Å². The Kier molecular flexibility index (Phi) is 2.82. The summed E-state index contributed by atoms with van der Waals surface area (Å²) in [6.45, 7) is 1.40. The Morgan fingerprint density at radius 1 is 1.27 bits per heavy atom. The Morgan fingerprint density at radius 2 is 2.00 bits per heavy atom. The lowest BCUT2D eigenvalue weighted by Crippen LogP contribution is -2.42. The first kappa shape index (κ1) is 10.3. The van der Waals surface area contributed by atoms with Crippen LogP contribution in [0.15, 0.2) is 24.3 Å². The molecule has 0 bridgehead atoms. The summed E-state index contributed by atoms with van der Waals surface area (Å²) in [5.74, 6) is 0.775. The summed E-state index contributed by atoms with van der Waals surface area (Å²) in [7, 11) is 0. The van der Waals surface area contributed by atoms with Gasteiger partial charge in [-0.2, -0.15) is 0 Å². The van der Waals surface area contributed by atoms with Crippen molar-refractivity contribution in [3.8, 4) is 5.75 Å². The summed E-state index contributed by atoms with van der Waals surface area (Å²) in [5, 5.41) is 0. The molecule has 0 amide bonds. The molecule has 4 N–H and O–H groups in total. The number of rotatable bonds is 4. The quantitative estimate of drug-likeness (QED) is 0.738. The number of ether oxygens (including phenoxy) is 1. The zero-order chi connectivity index (χ0) is 10.7. The van der Waals surface area contributed by atoms with Crippen molar-refractivity contribution in [3.05, 3.63) is 24.3 Å². The van der Waals surface area contributed by atoms with Gasteiger partial charge in [-0.15, -0.1) is 0 Å². The fourth-order valence-electron chi connectivity index (χ4n) is 1.93. The van der Waals surface area contributed by atoms with Gasteiger partial charge in [0.15, 0.2) is 0 Å². The van der Waals surface area contributed by atoms with Gasteiger partial charge >= 0.3 is 0 Å². The van der Waals surface area contributed by atoms with E-state index >= 15 is 0 Å². The number of hydrogen-bond acceptors (Lipinski definition) is 3. The summed E-state index contributed by atoms with van der Waals surface area (Å²) in [4.78, 5) is 0. The molecule has 0 aromatic heterocycles. The number of anilines is 1. The highest BCUT2D eigenvalue weighted by atomic mass is 16.5. The fourth-order valence-corrected chi connectivity index (χ4v) is 1.93. The van der Waals surface area contributed by atoms with Gasteiger partial charge in [0, 0.05) is 12.0 Å². The first-order chi connectivity index (χ1) is 7.26. The van der Waals surface area contributed by atoms with Crippen molar-refractivity contribution >= 4 is 5.69 Å². The largest absolute Gasteiger partial charge is 0.491 e. The average molecular weight is 206 g/mol. The van der Waals surface area contributed by atoms with Crippen LogP contribution in [-0.2, 0) is 0 Å². The molecule has 0 spiro atoms. The first-order valence-corrected chi connectivity index (χ1v) is 5.43. The van der Waals surface area contributed by atoms with Crippen LogP contribution in [0.2, 0.25) is 0 Å². The molecule has 1 aromatic rings. The smallest absolute Gasteiger partial charge is 0.142 e. The van der Waals surface area contributed by atoms with Crippen molar-refractivity contribution in [1.29, 1.82) is 0 Å². The van der Waals surface area contributed by atoms with E-state index in [-0.39, 0.29) is 5.41 Å². The molecule has 82 valence electrons.